The van der Waals surface area contributed by atoms with E-state index in [0.29, 0.717) is 11.4 Å². The molecule has 0 unspecified atom stereocenters. The lowest BCUT2D eigenvalue weighted by Gasteiger charge is -1.92. The largest absolute Gasteiger partial charge is 0.478 e. The van der Waals surface area contributed by atoms with Gasteiger partial charge in [0.25, 0.3) is 0 Å². The van der Waals surface area contributed by atoms with Crippen molar-refractivity contribution < 1.29 is 9.90 Å². The molecule has 6 heteroatoms. The second-order valence-corrected chi connectivity index (χ2v) is 3.56. The molecule has 0 amide bonds. The van der Waals surface area contributed by atoms with Crippen LogP contribution < -0.4 is 0 Å². The van der Waals surface area contributed by atoms with E-state index in [2.05, 4.69) is 15.2 Å². The normalized spacial score (nSPS) is 10.8. The molecule has 0 radical (unpaired) electrons. The highest BCUT2D eigenvalue weighted by Gasteiger charge is 2.16. The average molecular weight is 228 g/mol. The van der Waals surface area contributed by atoms with Gasteiger partial charge in [-0.3, -0.25) is 5.10 Å². The van der Waals surface area contributed by atoms with Gasteiger partial charge in [0.1, 0.15) is 16.9 Å². The first-order chi connectivity index (χ1) is 8.25. The summed E-state index contributed by atoms with van der Waals surface area (Å²) in [5.41, 5.74) is 1.86. The summed E-state index contributed by atoms with van der Waals surface area (Å²) in [5, 5.41) is 15.4. The third kappa shape index (κ3) is 1.46. The number of nitrogens with zero attached hydrogens (tertiary/aromatic N) is 3. The van der Waals surface area contributed by atoms with E-state index >= 15 is 0 Å². The van der Waals surface area contributed by atoms with E-state index in [1.54, 1.807) is 6.20 Å². The van der Waals surface area contributed by atoms with Gasteiger partial charge in [-0.25, -0.2) is 9.78 Å². The molecule has 0 saturated carbocycles. The topological polar surface area (TPSA) is 83.3 Å². The summed E-state index contributed by atoms with van der Waals surface area (Å²) in [5.74, 6) is -1.02. The van der Waals surface area contributed by atoms with Crippen molar-refractivity contribution in [2.24, 2.45) is 0 Å². The number of fused-ring (bicyclic) bond motifs is 1. The van der Waals surface area contributed by atoms with Crippen molar-refractivity contribution in [3.05, 3.63) is 42.4 Å². The van der Waals surface area contributed by atoms with Crippen molar-refractivity contribution in [1.29, 1.82) is 0 Å². The van der Waals surface area contributed by atoms with Crippen LogP contribution in [0.25, 0.3) is 17.0 Å². The molecule has 0 aliphatic heterocycles. The minimum Gasteiger partial charge on any atom is -0.478 e. The second kappa shape index (κ2) is 3.44. The highest BCUT2D eigenvalue weighted by Crippen LogP contribution is 2.20. The van der Waals surface area contributed by atoms with Gasteiger partial charge in [0.05, 0.1) is 11.9 Å². The van der Waals surface area contributed by atoms with Gasteiger partial charge in [-0.05, 0) is 12.1 Å². The smallest absolute Gasteiger partial charge is 0.339 e. The number of aromatic amines is 1. The van der Waals surface area contributed by atoms with Crippen molar-refractivity contribution in [3.63, 3.8) is 0 Å². The molecule has 2 N–H and O–H groups in total. The van der Waals surface area contributed by atoms with Gasteiger partial charge in [0, 0.05) is 12.4 Å². The lowest BCUT2D eigenvalue weighted by atomic mass is 10.2. The van der Waals surface area contributed by atoms with Gasteiger partial charge in [0.15, 0.2) is 0 Å². The van der Waals surface area contributed by atoms with Crippen LogP contribution in [0.15, 0.2) is 36.8 Å². The van der Waals surface area contributed by atoms with E-state index in [-0.39, 0.29) is 5.56 Å². The zero-order valence-corrected chi connectivity index (χ0v) is 8.66. The lowest BCUT2D eigenvalue weighted by molar-refractivity contribution is 0.0698. The number of pyridine rings is 1. The van der Waals surface area contributed by atoms with E-state index in [0.717, 1.165) is 5.65 Å². The highest BCUT2D eigenvalue weighted by atomic mass is 16.4. The Kier molecular flexibility index (Phi) is 1.94. The molecule has 3 rings (SSSR count). The number of H-pyrrole nitrogens is 1. The number of carboxylic acids is 1. The maximum absolute atomic E-state index is 11.0. The van der Waals surface area contributed by atoms with E-state index in [4.69, 9.17) is 5.11 Å². The number of imidazole rings is 1. The van der Waals surface area contributed by atoms with E-state index in [9.17, 15) is 4.79 Å². The third-order valence-electron chi connectivity index (χ3n) is 2.49. The molecule has 0 aromatic carbocycles. The van der Waals surface area contributed by atoms with E-state index in [1.165, 1.54) is 6.20 Å². The SMILES string of the molecule is O=C(O)c1cn[nH]c1-c1cn2ccccc2n1. The fourth-order valence-electron chi connectivity index (χ4n) is 1.70. The number of carbonyl (C=O) groups is 1. The van der Waals surface area contributed by atoms with E-state index < -0.39 is 5.97 Å². The fourth-order valence-corrected chi connectivity index (χ4v) is 1.70. The zero-order chi connectivity index (χ0) is 11.8. The van der Waals surface area contributed by atoms with Crippen LogP contribution >= 0.6 is 0 Å². The molecule has 0 aliphatic rings. The summed E-state index contributed by atoms with van der Waals surface area (Å²) in [6, 6.07) is 5.60. The van der Waals surface area contributed by atoms with Crippen LogP contribution in [-0.4, -0.2) is 30.7 Å². The third-order valence-corrected chi connectivity index (χ3v) is 2.49. The molecule has 0 fully saturated rings. The predicted octanol–water partition coefficient (Wildman–Crippen LogP) is 1.42. The number of carboxylic acid groups (broad SMARTS) is 1. The number of rotatable bonds is 2. The molecular formula is C11H8N4O2. The molecular weight excluding hydrogens is 220 g/mol. The molecule has 0 bridgehead atoms. The van der Waals surface area contributed by atoms with Crippen LogP contribution in [0.3, 0.4) is 0 Å². The fraction of sp³-hybridized carbons (Fsp3) is 0. The Bertz CT molecular complexity index is 665. The van der Waals surface area contributed by atoms with Gasteiger partial charge in [-0.2, -0.15) is 5.10 Å². The molecule has 0 saturated heterocycles. The summed E-state index contributed by atoms with van der Waals surface area (Å²) in [6.45, 7) is 0. The summed E-state index contributed by atoms with van der Waals surface area (Å²) >= 11 is 0. The average Bonchev–Trinajstić information content (AvgIpc) is 2.95. The summed E-state index contributed by atoms with van der Waals surface area (Å²) < 4.78 is 1.82. The Hall–Kier alpha value is -2.63. The maximum atomic E-state index is 11.0. The number of nitrogens with one attached hydrogen (secondary N) is 1. The van der Waals surface area contributed by atoms with E-state index in [1.807, 2.05) is 28.8 Å². The lowest BCUT2D eigenvalue weighted by Crippen LogP contribution is -1.96. The molecule has 17 heavy (non-hydrogen) atoms. The Morgan fingerprint density at radius 2 is 2.29 bits per heavy atom. The number of hydrogen-bond donors (Lipinski definition) is 2. The summed E-state index contributed by atoms with van der Waals surface area (Å²) in [4.78, 5) is 15.3. The second-order valence-electron chi connectivity index (χ2n) is 3.56. The highest BCUT2D eigenvalue weighted by molar-refractivity contribution is 5.94. The number of hydrogen-bond acceptors (Lipinski definition) is 3. The maximum Gasteiger partial charge on any atom is 0.339 e. The Labute approximate surface area is 95.5 Å². The van der Waals surface area contributed by atoms with Gasteiger partial charge >= 0.3 is 5.97 Å². The first-order valence-electron chi connectivity index (χ1n) is 4.96. The Morgan fingerprint density at radius 3 is 3.06 bits per heavy atom. The Balaban J connectivity index is 2.20. The molecule has 3 heterocycles. The van der Waals surface area contributed by atoms with Gasteiger partial charge < -0.3 is 9.51 Å². The first-order valence-corrected chi connectivity index (χ1v) is 4.96. The minimum absolute atomic E-state index is 0.119. The molecule has 3 aromatic heterocycles. The van der Waals surface area contributed by atoms with Crippen LogP contribution in [0.4, 0.5) is 0 Å². The van der Waals surface area contributed by atoms with Crippen molar-refractivity contribution >= 4 is 11.6 Å². The first kappa shape index (κ1) is 9.59. The molecule has 0 aliphatic carbocycles. The quantitative estimate of drug-likeness (QED) is 0.694. The van der Waals surface area contributed by atoms with Gasteiger partial charge in [-0.15, -0.1) is 0 Å². The van der Waals surface area contributed by atoms with Crippen molar-refractivity contribution in [2.75, 3.05) is 0 Å². The van der Waals surface area contributed by atoms with Crippen molar-refractivity contribution in [3.8, 4) is 11.4 Å². The molecule has 84 valence electrons. The van der Waals surface area contributed by atoms with Crippen molar-refractivity contribution in [2.45, 2.75) is 0 Å². The molecule has 0 spiro atoms. The number of aromatic carboxylic acids is 1. The van der Waals surface area contributed by atoms with Crippen LogP contribution in [0.1, 0.15) is 10.4 Å². The van der Waals surface area contributed by atoms with Gasteiger partial charge in [-0.1, -0.05) is 6.07 Å². The predicted molar refractivity (Wildman–Crippen MR) is 59.7 cm³/mol. The zero-order valence-electron chi connectivity index (χ0n) is 8.66. The monoisotopic (exact) mass is 228 g/mol. The van der Waals surface area contributed by atoms with Crippen molar-refractivity contribution in [1.82, 2.24) is 19.6 Å². The molecule has 3 aromatic rings. The molecule has 6 nitrogen and oxygen atoms in total. The van der Waals surface area contributed by atoms with Crippen LogP contribution in [0.2, 0.25) is 0 Å². The minimum atomic E-state index is -1.02. The standard InChI is InChI=1S/C11H8N4O2/c16-11(17)7-5-12-14-10(7)8-6-15-4-2-1-3-9(15)13-8/h1-6H,(H,12,14)(H,16,17). The summed E-state index contributed by atoms with van der Waals surface area (Å²) in [6.07, 6.45) is 4.89. The molecule has 0 atom stereocenters. The summed E-state index contributed by atoms with van der Waals surface area (Å²) in [7, 11) is 0. The Morgan fingerprint density at radius 1 is 1.41 bits per heavy atom. The van der Waals surface area contributed by atoms with Crippen LogP contribution in [-0.2, 0) is 0 Å². The number of aromatic nitrogens is 4. The van der Waals surface area contributed by atoms with Crippen LogP contribution in [0, 0.1) is 0 Å². The van der Waals surface area contributed by atoms with Crippen LogP contribution in [0.5, 0.6) is 0 Å². The van der Waals surface area contributed by atoms with Gasteiger partial charge in [0.2, 0.25) is 0 Å².